The van der Waals surface area contributed by atoms with E-state index in [9.17, 15) is 9.59 Å². The summed E-state index contributed by atoms with van der Waals surface area (Å²) in [6.07, 6.45) is 0.561. The monoisotopic (exact) mass is 186 g/mol. The smallest absolute Gasteiger partial charge is 0.417 e. The summed E-state index contributed by atoms with van der Waals surface area (Å²) in [5.74, 6) is -1.88. The molecule has 0 N–H and O–H groups in total. The fourth-order valence-corrected chi connectivity index (χ4v) is 0.567. The first-order valence-electron chi connectivity index (χ1n) is 4.06. The van der Waals surface area contributed by atoms with E-state index in [-0.39, 0.29) is 13.2 Å². The van der Waals surface area contributed by atoms with Crippen molar-refractivity contribution in [1.82, 2.24) is 0 Å². The second-order valence-corrected chi connectivity index (χ2v) is 2.56. The normalized spacial score (nSPS) is 9.08. The van der Waals surface area contributed by atoms with Gasteiger partial charge in [-0.3, -0.25) is 0 Å². The van der Waals surface area contributed by atoms with Crippen LogP contribution in [0.1, 0.15) is 20.3 Å². The molecule has 0 radical (unpaired) electrons. The molecular formula is C9H14O4. The van der Waals surface area contributed by atoms with Gasteiger partial charge >= 0.3 is 11.9 Å². The molecule has 0 aromatic carbocycles. The molecule has 4 nitrogen and oxygen atoms in total. The molecule has 4 heteroatoms. The van der Waals surface area contributed by atoms with Crippen molar-refractivity contribution in [3.05, 3.63) is 12.2 Å². The van der Waals surface area contributed by atoms with Crippen LogP contribution in [0.5, 0.6) is 0 Å². The van der Waals surface area contributed by atoms with Crippen LogP contribution in [0.4, 0.5) is 0 Å². The molecule has 0 aliphatic rings. The molecule has 0 unspecified atom stereocenters. The third-order valence-electron chi connectivity index (χ3n) is 1.20. The molecule has 0 heterocycles. The van der Waals surface area contributed by atoms with E-state index in [1.165, 1.54) is 0 Å². The molecule has 0 aliphatic carbocycles. The predicted octanol–water partition coefficient (Wildman–Crippen LogP) is 1.06. The molecule has 0 aliphatic heterocycles. The Labute approximate surface area is 77.5 Å². The van der Waals surface area contributed by atoms with Crippen LogP contribution in [0, 0.1) is 0 Å². The number of esters is 2. The number of rotatable bonds is 4. The standard InChI is InChI=1S/C9H14O4/c1-4-12-8(10)9(11)13-6-5-7(2)3/h2,4-6H2,1,3H3. The summed E-state index contributed by atoms with van der Waals surface area (Å²) in [4.78, 5) is 21.5. The molecular weight excluding hydrogens is 172 g/mol. The number of hydrogen-bond acceptors (Lipinski definition) is 4. The summed E-state index contributed by atoms with van der Waals surface area (Å²) >= 11 is 0. The molecule has 0 fully saturated rings. The largest absolute Gasteiger partial charge is 0.458 e. The quantitative estimate of drug-likeness (QED) is 0.374. The van der Waals surface area contributed by atoms with Gasteiger partial charge in [0, 0.05) is 6.42 Å². The third-order valence-corrected chi connectivity index (χ3v) is 1.20. The number of hydrogen-bond donors (Lipinski definition) is 0. The van der Waals surface area contributed by atoms with Crippen molar-refractivity contribution in [2.24, 2.45) is 0 Å². The zero-order valence-corrected chi connectivity index (χ0v) is 7.96. The van der Waals surface area contributed by atoms with Crippen molar-refractivity contribution in [2.75, 3.05) is 13.2 Å². The average Bonchev–Trinajstić information content (AvgIpc) is 2.04. The summed E-state index contributed by atoms with van der Waals surface area (Å²) in [5.41, 5.74) is 0.900. The maximum atomic E-state index is 10.8. The minimum absolute atomic E-state index is 0.174. The molecule has 0 aromatic rings. The lowest BCUT2D eigenvalue weighted by Gasteiger charge is -2.03. The molecule has 0 spiro atoms. The van der Waals surface area contributed by atoms with E-state index in [4.69, 9.17) is 0 Å². The Balaban J connectivity index is 3.62. The van der Waals surface area contributed by atoms with Crippen molar-refractivity contribution >= 4 is 11.9 Å². The lowest BCUT2D eigenvalue weighted by atomic mass is 10.3. The van der Waals surface area contributed by atoms with Gasteiger partial charge in [0.25, 0.3) is 0 Å². The fraction of sp³-hybridized carbons (Fsp3) is 0.556. The fourth-order valence-electron chi connectivity index (χ4n) is 0.567. The lowest BCUT2D eigenvalue weighted by molar-refractivity contribution is -0.167. The second kappa shape index (κ2) is 6.22. The van der Waals surface area contributed by atoms with Crippen molar-refractivity contribution in [2.45, 2.75) is 20.3 Å². The van der Waals surface area contributed by atoms with Crippen LogP contribution in [-0.4, -0.2) is 25.2 Å². The summed E-state index contributed by atoms with van der Waals surface area (Å²) < 4.78 is 9.02. The molecule has 0 atom stereocenters. The second-order valence-electron chi connectivity index (χ2n) is 2.56. The minimum atomic E-state index is -0.942. The molecule has 0 saturated carbocycles. The molecule has 13 heavy (non-hydrogen) atoms. The highest BCUT2D eigenvalue weighted by molar-refractivity contribution is 6.29. The Morgan fingerprint density at radius 3 is 2.23 bits per heavy atom. The molecule has 0 rings (SSSR count). The maximum absolute atomic E-state index is 10.8. The Morgan fingerprint density at radius 2 is 1.77 bits per heavy atom. The zero-order valence-electron chi connectivity index (χ0n) is 7.96. The van der Waals surface area contributed by atoms with E-state index < -0.39 is 11.9 Å². The zero-order chi connectivity index (χ0) is 10.3. The average molecular weight is 186 g/mol. The first kappa shape index (κ1) is 11.7. The van der Waals surface area contributed by atoms with Gasteiger partial charge in [-0.1, -0.05) is 5.57 Å². The van der Waals surface area contributed by atoms with Crippen LogP contribution < -0.4 is 0 Å². The van der Waals surface area contributed by atoms with Crippen LogP contribution >= 0.6 is 0 Å². The topological polar surface area (TPSA) is 52.6 Å². The summed E-state index contributed by atoms with van der Waals surface area (Å²) in [6.45, 7) is 7.42. The van der Waals surface area contributed by atoms with E-state index in [1.807, 2.05) is 6.92 Å². The molecule has 74 valence electrons. The Bertz CT molecular complexity index is 208. The van der Waals surface area contributed by atoms with Gasteiger partial charge in [0.2, 0.25) is 0 Å². The van der Waals surface area contributed by atoms with Crippen LogP contribution in [0.15, 0.2) is 12.2 Å². The van der Waals surface area contributed by atoms with E-state index in [1.54, 1.807) is 6.92 Å². The van der Waals surface area contributed by atoms with Crippen LogP contribution in [0.3, 0.4) is 0 Å². The lowest BCUT2D eigenvalue weighted by Crippen LogP contribution is -2.20. The van der Waals surface area contributed by atoms with Crippen LogP contribution in [0.2, 0.25) is 0 Å². The molecule has 0 saturated heterocycles. The summed E-state index contributed by atoms with van der Waals surface area (Å²) in [7, 11) is 0. The van der Waals surface area contributed by atoms with Gasteiger partial charge in [0.1, 0.15) is 0 Å². The number of carbonyl (C=O) groups is 2. The molecule has 0 aromatic heterocycles. The predicted molar refractivity (Wildman–Crippen MR) is 47.0 cm³/mol. The van der Waals surface area contributed by atoms with Crippen molar-refractivity contribution < 1.29 is 19.1 Å². The van der Waals surface area contributed by atoms with E-state index in [0.717, 1.165) is 5.57 Å². The van der Waals surface area contributed by atoms with Gasteiger partial charge in [0.15, 0.2) is 0 Å². The Kier molecular flexibility index (Phi) is 5.59. The van der Waals surface area contributed by atoms with Gasteiger partial charge < -0.3 is 9.47 Å². The van der Waals surface area contributed by atoms with Gasteiger partial charge in [0.05, 0.1) is 13.2 Å². The maximum Gasteiger partial charge on any atom is 0.417 e. The SMILES string of the molecule is C=C(C)CCOC(=O)C(=O)OCC. The van der Waals surface area contributed by atoms with Gasteiger partial charge in [-0.25, -0.2) is 9.59 Å². The highest BCUT2D eigenvalue weighted by Gasteiger charge is 2.15. The highest BCUT2D eigenvalue weighted by Crippen LogP contribution is 1.96. The van der Waals surface area contributed by atoms with Crippen molar-refractivity contribution in [3.8, 4) is 0 Å². The van der Waals surface area contributed by atoms with Gasteiger partial charge in [-0.2, -0.15) is 0 Å². The van der Waals surface area contributed by atoms with E-state index >= 15 is 0 Å². The van der Waals surface area contributed by atoms with Gasteiger partial charge in [-0.05, 0) is 13.8 Å². The van der Waals surface area contributed by atoms with Crippen LogP contribution in [0.25, 0.3) is 0 Å². The van der Waals surface area contributed by atoms with Crippen molar-refractivity contribution in [1.29, 1.82) is 0 Å². The van der Waals surface area contributed by atoms with E-state index in [0.29, 0.717) is 6.42 Å². The minimum Gasteiger partial charge on any atom is -0.458 e. The van der Waals surface area contributed by atoms with E-state index in [2.05, 4.69) is 16.1 Å². The number of carbonyl (C=O) groups excluding carboxylic acids is 2. The highest BCUT2D eigenvalue weighted by atomic mass is 16.6. The number of ether oxygens (including phenoxy) is 2. The van der Waals surface area contributed by atoms with Gasteiger partial charge in [-0.15, -0.1) is 6.58 Å². The van der Waals surface area contributed by atoms with Crippen LogP contribution in [-0.2, 0) is 19.1 Å². The first-order valence-corrected chi connectivity index (χ1v) is 4.06. The Hall–Kier alpha value is -1.32. The first-order chi connectivity index (χ1) is 6.07. The van der Waals surface area contributed by atoms with Crippen molar-refractivity contribution in [3.63, 3.8) is 0 Å². The molecule has 0 amide bonds. The third kappa shape index (κ3) is 5.90. The summed E-state index contributed by atoms with van der Waals surface area (Å²) in [5, 5.41) is 0. The Morgan fingerprint density at radius 1 is 1.23 bits per heavy atom. The summed E-state index contributed by atoms with van der Waals surface area (Å²) in [6, 6.07) is 0. The molecule has 0 bridgehead atoms.